The second-order valence-electron chi connectivity index (χ2n) is 6.24. The van der Waals surface area contributed by atoms with Gasteiger partial charge in [-0.15, -0.1) is 0 Å². The summed E-state index contributed by atoms with van der Waals surface area (Å²) >= 11 is 0. The molecule has 0 spiro atoms. The first-order valence-electron chi connectivity index (χ1n) is 8.22. The molecule has 0 bridgehead atoms. The Kier molecular flexibility index (Phi) is 4.97. The summed E-state index contributed by atoms with van der Waals surface area (Å²) in [5.41, 5.74) is 6.01. The molecule has 1 atom stereocenters. The van der Waals surface area contributed by atoms with Gasteiger partial charge in [0.15, 0.2) is 0 Å². The van der Waals surface area contributed by atoms with E-state index in [1.54, 1.807) is 0 Å². The number of halogens is 1. The molecule has 1 aliphatic rings. The molecule has 2 N–H and O–H groups in total. The third-order valence-corrected chi connectivity index (χ3v) is 4.40. The fourth-order valence-electron chi connectivity index (χ4n) is 3.12. The molecule has 1 fully saturated rings. The van der Waals surface area contributed by atoms with Gasteiger partial charge < -0.3 is 10.6 Å². The van der Waals surface area contributed by atoms with Gasteiger partial charge in [-0.05, 0) is 36.6 Å². The lowest BCUT2D eigenvalue weighted by Gasteiger charge is -2.33. The number of piperidine rings is 1. The van der Waals surface area contributed by atoms with E-state index in [0.29, 0.717) is 24.6 Å². The van der Waals surface area contributed by atoms with Gasteiger partial charge in [-0.1, -0.05) is 0 Å². The first-order chi connectivity index (χ1) is 12.5. The van der Waals surface area contributed by atoms with E-state index in [9.17, 15) is 14.4 Å². The highest BCUT2D eigenvalue weighted by molar-refractivity contribution is 5.41. The zero-order valence-corrected chi connectivity index (χ0v) is 14.0. The van der Waals surface area contributed by atoms with Crippen LogP contribution in [0.3, 0.4) is 0 Å². The lowest BCUT2D eigenvalue weighted by Crippen LogP contribution is -2.45. The fraction of sp³-hybridized carbons (Fsp3) is 0.333. The van der Waals surface area contributed by atoms with Crippen LogP contribution in [0.25, 0.3) is 0 Å². The number of nitrogens with zero attached hydrogens (tertiary/aromatic N) is 5. The van der Waals surface area contributed by atoms with Crippen LogP contribution in [0.15, 0.2) is 29.2 Å². The number of hydrogen-bond donors (Lipinski definition) is 1. The molecule has 132 valence electrons. The van der Waals surface area contributed by atoms with Crippen molar-refractivity contribution in [2.45, 2.75) is 25.4 Å². The van der Waals surface area contributed by atoms with Gasteiger partial charge in [0.2, 0.25) is 5.95 Å². The molecule has 0 saturated carbocycles. The number of nitrogens with two attached hydrogens (primary N) is 1. The first kappa shape index (κ1) is 17.6. The molecule has 2 aromatic rings. The summed E-state index contributed by atoms with van der Waals surface area (Å²) in [4.78, 5) is 18.9. The highest BCUT2D eigenvalue weighted by atomic mass is 19.1. The number of hydrogen-bond acceptors (Lipinski definition) is 6. The lowest BCUT2D eigenvalue weighted by molar-refractivity contribution is 0.490. The molecule has 1 aromatic carbocycles. The topological polar surface area (TPSA) is 112 Å². The van der Waals surface area contributed by atoms with Crippen LogP contribution in [0.4, 0.5) is 10.3 Å². The van der Waals surface area contributed by atoms with Crippen LogP contribution in [-0.4, -0.2) is 28.7 Å². The third kappa shape index (κ3) is 3.41. The minimum absolute atomic E-state index is 0.0337. The van der Waals surface area contributed by atoms with Crippen LogP contribution in [0.1, 0.15) is 29.5 Å². The monoisotopic (exact) mass is 352 g/mol. The van der Waals surface area contributed by atoms with Crippen molar-refractivity contribution in [1.29, 1.82) is 10.5 Å². The van der Waals surface area contributed by atoms with Gasteiger partial charge in [0.1, 0.15) is 17.4 Å². The second-order valence-corrected chi connectivity index (χ2v) is 6.24. The number of rotatable bonds is 3. The maximum Gasteiger partial charge on any atom is 0.273 e. The number of aromatic nitrogens is 2. The van der Waals surface area contributed by atoms with E-state index in [1.807, 2.05) is 17.0 Å². The van der Waals surface area contributed by atoms with Gasteiger partial charge >= 0.3 is 0 Å². The van der Waals surface area contributed by atoms with Crippen molar-refractivity contribution < 1.29 is 4.39 Å². The van der Waals surface area contributed by atoms with Gasteiger partial charge in [0.25, 0.3) is 5.56 Å². The van der Waals surface area contributed by atoms with Crippen LogP contribution in [0, 0.1) is 28.5 Å². The second kappa shape index (κ2) is 7.34. The van der Waals surface area contributed by atoms with Gasteiger partial charge in [-0.25, -0.2) is 9.37 Å². The highest BCUT2D eigenvalue weighted by Crippen LogP contribution is 2.19. The molecular weight excluding hydrogens is 335 g/mol. The Morgan fingerprint density at radius 3 is 2.77 bits per heavy atom. The van der Waals surface area contributed by atoms with Crippen LogP contribution < -0.4 is 16.2 Å². The minimum Gasteiger partial charge on any atom is -0.341 e. The molecule has 0 aliphatic carbocycles. The van der Waals surface area contributed by atoms with Crippen molar-refractivity contribution in [3.63, 3.8) is 0 Å². The Balaban J connectivity index is 2.10. The molecule has 0 unspecified atom stereocenters. The van der Waals surface area contributed by atoms with Crippen LogP contribution in [-0.2, 0) is 6.54 Å². The largest absolute Gasteiger partial charge is 0.341 e. The average molecular weight is 352 g/mol. The predicted molar refractivity (Wildman–Crippen MR) is 92.9 cm³/mol. The molecule has 8 heteroatoms. The summed E-state index contributed by atoms with van der Waals surface area (Å²) in [6.07, 6.45) is 2.99. The van der Waals surface area contributed by atoms with Crippen molar-refractivity contribution in [3.05, 3.63) is 57.3 Å². The van der Waals surface area contributed by atoms with Crippen LogP contribution in [0.2, 0.25) is 0 Å². The first-order valence-corrected chi connectivity index (χ1v) is 8.22. The maximum atomic E-state index is 13.6. The standard InChI is InChI=1S/C18H17FN6O/c19-15-4-3-12(7-20)13(6-15)10-25-17(26)14(8-21)9-23-18(25)24-5-1-2-16(22)11-24/h3-4,6,9,16H,1-2,5,10-11,22H2/t16-/m1/s1. The van der Waals surface area contributed by atoms with E-state index in [0.717, 1.165) is 12.8 Å². The normalized spacial score (nSPS) is 16.8. The highest BCUT2D eigenvalue weighted by Gasteiger charge is 2.22. The zero-order valence-electron chi connectivity index (χ0n) is 14.0. The SMILES string of the molecule is N#Cc1ccc(F)cc1Cn1c(N2CCC[C@@H](N)C2)ncc(C#N)c1=O. The van der Waals surface area contributed by atoms with E-state index in [-0.39, 0.29) is 23.7 Å². The van der Waals surface area contributed by atoms with Gasteiger partial charge in [0, 0.05) is 19.1 Å². The van der Waals surface area contributed by atoms with E-state index in [1.165, 1.54) is 29.0 Å². The summed E-state index contributed by atoms with van der Waals surface area (Å²) in [5, 5.41) is 18.4. The zero-order chi connectivity index (χ0) is 18.7. The Morgan fingerprint density at radius 1 is 1.31 bits per heavy atom. The Morgan fingerprint density at radius 2 is 2.08 bits per heavy atom. The molecule has 1 saturated heterocycles. The third-order valence-electron chi connectivity index (χ3n) is 4.40. The van der Waals surface area contributed by atoms with Gasteiger partial charge in [0.05, 0.1) is 24.4 Å². The summed E-state index contributed by atoms with van der Waals surface area (Å²) in [6.45, 7) is 1.16. The molecule has 26 heavy (non-hydrogen) atoms. The van der Waals surface area contributed by atoms with Gasteiger partial charge in [-0.2, -0.15) is 10.5 Å². The predicted octanol–water partition coefficient (Wildman–Crippen LogP) is 1.10. The molecule has 3 rings (SSSR count). The molecule has 7 nitrogen and oxygen atoms in total. The summed E-state index contributed by atoms with van der Waals surface area (Å²) in [6, 6.07) is 7.57. The molecule has 0 amide bonds. The van der Waals surface area contributed by atoms with E-state index < -0.39 is 11.4 Å². The molecular formula is C18H17FN6O. The van der Waals surface area contributed by atoms with E-state index in [4.69, 9.17) is 11.0 Å². The number of nitriles is 2. The minimum atomic E-state index is -0.523. The molecule has 1 aromatic heterocycles. The number of benzene rings is 1. The summed E-state index contributed by atoms with van der Waals surface area (Å²) < 4.78 is 15.0. The van der Waals surface area contributed by atoms with Crippen molar-refractivity contribution >= 4 is 5.95 Å². The lowest BCUT2D eigenvalue weighted by atomic mass is 10.1. The van der Waals surface area contributed by atoms with Crippen molar-refractivity contribution in [2.75, 3.05) is 18.0 Å². The average Bonchev–Trinajstić information content (AvgIpc) is 2.63. The van der Waals surface area contributed by atoms with Crippen LogP contribution in [0.5, 0.6) is 0 Å². The summed E-state index contributed by atoms with van der Waals surface area (Å²) in [7, 11) is 0. The smallest absolute Gasteiger partial charge is 0.273 e. The Labute approximate surface area is 149 Å². The maximum absolute atomic E-state index is 13.6. The molecule has 1 aliphatic heterocycles. The van der Waals surface area contributed by atoms with E-state index >= 15 is 0 Å². The molecule has 0 radical (unpaired) electrons. The Hall–Kier alpha value is -3.23. The quantitative estimate of drug-likeness (QED) is 0.885. The van der Waals surface area contributed by atoms with Crippen molar-refractivity contribution in [3.8, 4) is 12.1 Å². The summed E-state index contributed by atoms with van der Waals surface area (Å²) in [5.74, 6) is -0.129. The van der Waals surface area contributed by atoms with Crippen LogP contribution >= 0.6 is 0 Å². The van der Waals surface area contributed by atoms with Crippen molar-refractivity contribution in [1.82, 2.24) is 9.55 Å². The number of anilines is 1. The van der Waals surface area contributed by atoms with E-state index in [2.05, 4.69) is 4.98 Å². The molecule has 2 heterocycles. The Bertz CT molecular complexity index is 971. The fourth-order valence-corrected chi connectivity index (χ4v) is 3.12. The van der Waals surface area contributed by atoms with Gasteiger partial charge in [-0.3, -0.25) is 9.36 Å². The van der Waals surface area contributed by atoms with Crippen molar-refractivity contribution in [2.24, 2.45) is 5.73 Å².